The summed E-state index contributed by atoms with van der Waals surface area (Å²) < 4.78 is 0. The molecule has 4 rings (SSSR count). The molecule has 6 nitrogen and oxygen atoms in total. The molecule has 0 fully saturated rings. The van der Waals surface area contributed by atoms with Crippen LogP contribution in [-0.4, -0.2) is 38.5 Å². The molecule has 0 saturated carbocycles. The number of aromatic nitrogens is 2. The van der Waals surface area contributed by atoms with Crippen molar-refractivity contribution in [1.29, 1.82) is 0 Å². The Morgan fingerprint density at radius 1 is 1.19 bits per heavy atom. The summed E-state index contributed by atoms with van der Waals surface area (Å²) in [4.78, 5) is 37.9. The van der Waals surface area contributed by atoms with Crippen LogP contribution < -0.4 is 5.32 Å². The number of thioether (sulfide) groups is 1. The quantitative estimate of drug-likeness (QED) is 0.561. The average molecular weight is 453 g/mol. The fourth-order valence-corrected chi connectivity index (χ4v) is 5.22. The summed E-state index contributed by atoms with van der Waals surface area (Å²) in [5, 5.41) is 3.90. The van der Waals surface area contributed by atoms with Crippen LogP contribution in [0.3, 0.4) is 0 Å². The van der Waals surface area contributed by atoms with Crippen molar-refractivity contribution >= 4 is 40.0 Å². The molecule has 1 N–H and O–H groups in total. The van der Waals surface area contributed by atoms with E-state index in [1.807, 2.05) is 28.8 Å². The largest absolute Gasteiger partial charge is 0.337 e. The maximum atomic E-state index is 12.8. The van der Waals surface area contributed by atoms with Crippen molar-refractivity contribution in [3.05, 3.63) is 70.5 Å². The van der Waals surface area contributed by atoms with Gasteiger partial charge in [0.2, 0.25) is 5.91 Å². The van der Waals surface area contributed by atoms with Gasteiger partial charge in [-0.1, -0.05) is 43.4 Å². The molecular formula is C23H24N4O2S2. The summed E-state index contributed by atoms with van der Waals surface area (Å²) in [6.07, 6.45) is 2.67. The van der Waals surface area contributed by atoms with Gasteiger partial charge in [0.05, 0.1) is 18.7 Å². The van der Waals surface area contributed by atoms with Crippen LogP contribution in [0.1, 0.15) is 40.5 Å². The van der Waals surface area contributed by atoms with Gasteiger partial charge in [-0.3, -0.25) is 19.9 Å². The van der Waals surface area contributed by atoms with Gasteiger partial charge in [-0.2, -0.15) is 0 Å². The topological polar surface area (TPSA) is 75.2 Å². The number of fused-ring (bicyclic) bond motifs is 1. The first-order valence-corrected chi connectivity index (χ1v) is 11.9. The van der Waals surface area contributed by atoms with E-state index in [1.165, 1.54) is 16.2 Å². The van der Waals surface area contributed by atoms with Crippen LogP contribution in [0.15, 0.2) is 53.6 Å². The van der Waals surface area contributed by atoms with Crippen LogP contribution in [-0.2, 0) is 24.2 Å². The van der Waals surface area contributed by atoms with E-state index in [9.17, 15) is 9.59 Å². The second-order valence-corrected chi connectivity index (χ2v) is 10.3. The van der Waals surface area contributed by atoms with E-state index in [2.05, 4.69) is 41.3 Å². The smallest absolute Gasteiger partial charge is 0.276 e. The molecule has 8 heteroatoms. The van der Waals surface area contributed by atoms with E-state index >= 15 is 0 Å². The molecule has 0 bridgehead atoms. The summed E-state index contributed by atoms with van der Waals surface area (Å²) in [7, 11) is 0. The van der Waals surface area contributed by atoms with Crippen LogP contribution in [0.5, 0.6) is 0 Å². The molecule has 3 aromatic rings. The maximum absolute atomic E-state index is 12.8. The Morgan fingerprint density at radius 2 is 2.00 bits per heavy atom. The number of rotatable bonds is 6. The fourth-order valence-electron chi connectivity index (χ4n) is 3.36. The van der Waals surface area contributed by atoms with E-state index in [0.29, 0.717) is 42.0 Å². The third kappa shape index (κ3) is 5.51. The van der Waals surface area contributed by atoms with Gasteiger partial charge in [0.1, 0.15) is 5.69 Å². The molecule has 0 atom stereocenters. The van der Waals surface area contributed by atoms with Gasteiger partial charge in [0.25, 0.3) is 5.91 Å². The molecule has 3 heterocycles. The number of pyridine rings is 1. The van der Waals surface area contributed by atoms with Crippen molar-refractivity contribution < 1.29 is 9.59 Å². The number of benzene rings is 1. The summed E-state index contributed by atoms with van der Waals surface area (Å²) in [6.45, 7) is 5.51. The number of carbonyl (C=O) groups excluding carboxylic acids is 2. The van der Waals surface area contributed by atoms with Crippen molar-refractivity contribution in [2.45, 2.75) is 43.4 Å². The van der Waals surface area contributed by atoms with Gasteiger partial charge in [0, 0.05) is 34.2 Å². The normalized spacial score (nSPS) is 13.2. The van der Waals surface area contributed by atoms with Gasteiger partial charge < -0.3 is 4.90 Å². The fraction of sp³-hybridized carbons (Fsp3) is 0.304. The monoisotopic (exact) mass is 452 g/mol. The molecule has 0 radical (unpaired) electrons. The Kier molecular flexibility index (Phi) is 6.67. The van der Waals surface area contributed by atoms with E-state index in [4.69, 9.17) is 0 Å². The van der Waals surface area contributed by atoms with E-state index in [-0.39, 0.29) is 11.8 Å². The summed E-state index contributed by atoms with van der Waals surface area (Å²) in [6, 6.07) is 13.4. The third-order valence-corrected chi connectivity index (χ3v) is 6.87. The number of nitrogens with one attached hydrogen (secondary N) is 1. The van der Waals surface area contributed by atoms with E-state index < -0.39 is 0 Å². The standard InChI is InChI=1S/C23H24N4O2S2/c1-15(2)30-17-8-6-16(7-9-17)13-21(28)27-12-10-18-20(14-27)31-23(25-18)26-22(29)19-5-3-4-11-24-19/h3-9,11,15H,10,12-14H2,1-2H3,(H,25,26,29). The highest BCUT2D eigenvalue weighted by Gasteiger charge is 2.25. The number of amides is 2. The first-order valence-electron chi connectivity index (χ1n) is 10.2. The molecule has 1 aliphatic rings. The molecule has 2 amide bonds. The maximum Gasteiger partial charge on any atom is 0.276 e. The van der Waals surface area contributed by atoms with Gasteiger partial charge in [-0.05, 0) is 29.8 Å². The predicted octanol–water partition coefficient (Wildman–Crippen LogP) is 4.42. The van der Waals surface area contributed by atoms with Crippen molar-refractivity contribution in [2.24, 2.45) is 0 Å². The molecule has 0 unspecified atom stereocenters. The van der Waals surface area contributed by atoms with Crippen LogP contribution in [0.25, 0.3) is 0 Å². The number of nitrogens with zero attached hydrogens (tertiary/aromatic N) is 3. The van der Waals surface area contributed by atoms with Crippen molar-refractivity contribution in [3.8, 4) is 0 Å². The molecular weight excluding hydrogens is 428 g/mol. The SMILES string of the molecule is CC(C)Sc1ccc(CC(=O)N2CCc3nc(NC(=O)c4ccccn4)sc3C2)cc1. The molecule has 2 aromatic heterocycles. The Morgan fingerprint density at radius 3 is 2.71 bits per heavy atom. The highest BCUT2D eigenvalue weighted by Crippen LogP contribution is 2.29. The lowest BCUT2D eigenvalue weighted by Gasteiger charge is -2.26. The van der Waals surface area contributed by atoms with Gasteiger partial charge >= 0.3 is 0 Å². The second kappa shape index (κ2) is 9.62. The minimum Gasteiger partial charge on any atom is -0.337 e. The highest BCUT2D eigenvalue weighted by molar-refractivity contribution is 7.99. The number of hydrogen-bond donors (Lipinski definition) is 1. The Hall–Kier alpha value is -2.71. The molecule has 1 aliphatic heterocycles. The number of anilines is 1. The lowest BCUT2D eigenvalue weighted by molar-refractivity contribution is -0.131. The van der Waals surface area contributed by atoms with Crippen molar-refractivity contribution in [2.75, 3.05) is 11.9 Å². The van der Waals surface area contributed by atoms with Crippen LogP contribution in [0, 0.1) is 0 Å². The molecule has 160 valence electrons. The zero-order valence-corrected chi connectivity index (χ0v) is 19.1. The molecule has 0 saturated heterocycles. The number of carbonyl (C=O) groups is 2. The lowest BCUT2D eigenvalue weighted by Crippen LogP contribution is -2.36. The van der Waals surface area contributed by atoms with Crippen molar-refractivity contribution in [3.63, 3.8) is 0 Å². The third-order valence-electron chi connectivity index (χ3n) is 4.85. The van der Waals surface area contributed by atoms with Crippen LogP contribution in [0.2, 0.25) is 0 Å². The van der Waals surface area contributed by atoms with Gasteiger partial charge in [-0.15, -0.1) is 11.8 Å². The average Bonchev–Trinajstić information content (AvgIpc) is 3.16. The zero-order valence-electron chi connectivity index (χ0n) is 17.5. The predicted molar refractivity (Wildman–Crippen MR) is 125 cm³/mol. The minimum atomic E-state index is -0.279. The van der Waals surface area contributed by atoms with Crippen molar-refractivity contribution in [1.82, 2.24) is 14.9 Å². The molecule has 31 heavy (non-hydrogen) atoms. The van der Waals surface area contributed by atoms with Gasteiger partial charge in [-0.25, -0.2) is 4.98 Å². The van der Waals surface area contributed by atoms with Crippen LogP contribution in [0.4, 0.5) is 5.13 Å². The first kappa shape index (κ1) is 21.5. The summed E-state index contributed by atoms with van der Waals surface area (Å²) in [5.41, 5.74) is 2.34. The summed E-state index contributed by atoms with van der Waals surface area (Å²) in [5.74, 6) is -0.166. The Bertz CT molecular complexity index is 1060. The highest BCUT2D eigenvalue weighted by atomic mass is 32.2. The molecule has 0 spiro atoms. The van der Waals surface area contributed by atoms with Gasteiger partial charge in [0.15, 0.2) is 5.13 Å². The summed E-state index contributed by atoms with van der Waals surface area (Å²) >= 11 is 3.24. The van der Waals surface area contributed by atoms with Crippen LogP contribution >= 0.6 is 23.1 Å². The number of hydrogen-bond acceptors (Lipinski definition) is 6. The Labute approximate surface area is 190 Å². The molecule has 1 aromatic carbocycles. The first-order chi connectivity index (χ1) is 15.0. The zero-order chi connectivity index (χ0) is 21.8. The second-order valence-electron chi connectivity index (χ2n) is 7.61. The Balaban J connectivity index is 1.36. The molecule has 0 aliphatic carbocycles. The van der Waals surface area contributed by atoms with E-state index in [0.717, 1.165) is 16.1 Å². The minimum absolute atomic E-state index is 0.113. The lowest BCUT2D eigenvalue weighted by atomic mass is 10.1. The van der Waals surface area contributed by atoms with E-state index in [1.54, 1.807) is 24.4 Å². The number of thiazole rings is 1.